The van der Waals surface area contributed by atoms with E-state index < -0.39 is 0 Å². The van der Waals surface area contributed by atoms with Crippen LogP contribution >= 0.6 is 0 Å². The predicted octanol–water partition coefficient (Wildman–Crippen LogP) is 3.26. The molecule has 2 nitrogen and oxygen atoms in total. The Morgan fingerprint density at radius 3 is 2.42 bits per heavy atom. The van der Waals surface area contributed by atoms with Gasteiger partial charge in [0.25, 0.3) is 0 Å². The van der Waals surface area contributed by atoms with Gasteiger partial charge >= 0.3 is 0 Å². The van der Waals surface area contributed by atoms with Crippen LogP contribution < -0.4 is 0 Å². The number of hydrogen-bond donors (Lipinski definition) is 0. The van der Waals surface area contributed by atoms with Crippen molar-refractivity contribution in [2.75, 3.05) is 6.54 Å². The van der Waals surface area contributed by atoms with Gasteiger partial charge in [-0.2, -0.15) is 0 Å². The zero-order valence-corrected chi connectivity index (χ0v) is 11.9. The first kappa shape index (κ1) is 13.7. The molecule has 1 aromatic rings. The van der Waals surface area contributed by atoms with Crippen LogP contribution in [0.4, 0.5) is 0 Å². The van der Waals surface area contributed by atoms with Crippen molar-refractivity contribution in [1.29, 1.82) is 0 Å². The highest BCUT2D eigenvalue weighted by molar-refractivity contribution is 5.80. The molecule has 0 aliphatic carbocycles. The molecule has 100 valence electrons. The van der Waals surface area contributed by atoms with E-state index in [0.717, 1.165) is 0 Å². The van der Waals surface area contributed by atoms with E-state index in [1.165, 1.54) is 5.56 Å². The summed E-state index contributed by atoms with van der Waals surface area (Å²) in [6, 6.07) is 10.3. The number of benzene rings is 1. The largest absolute Gasteiger partial charge is 0.334 e. The number of likely N-dealkylation sites (tertiary alicyclic amines) is 1. The highest BCUT2D eigenvalue weighted by Crippen LogP contribution is 2.40. The van der Waals surface area contributed by atoms with Crippen LogP contribution in [0.2, 0.25) is 0 Å². The van der Waals surface area contributed by atoms with Crippen LogP contribution in [0, 0.1) is 23.7 Å². The zero-order chi connectivity index (χ0) is 14.0. The van der Waals surface area contributed by atoms with E-state index in [0.29, 0.717) is 13.0 Å². The second kappa shape index (κ2) is 5.09. The average Bonchev–Trinajstić information content (AvgIpc) is 2.71. The number of rotatable bonds is 2. The lowest BCUT2D eigenvalue weighted by Crippen LogP contribution is -2.38. The van der Waals surface area contributed by atoms with Crippen LogP contribution in [0.25, 0.3) is 0 Å². The van der Waals surface area contributed by atoms with Gasteiger partial charge < -0.3 is 4.90 Å². The minimum absolute atomic E-state index is 0.0134. The fourth-order valence-corrected chi connectivity index (χ4v) is 2.88. The molecule has 2 heteroatoms. The van der Waals surface area contributed by atoms with Gasteiger partial charge in [-0.1, -0.05) is 51.1 Å². The molecule has 1 aliphatic rings. The summed E-state index contributed by atoms with van der Waals surface area (Å²) in [5.41, 5.74) is 1.17. The third-order valence-electron chi connectivity index (χ3n) is 3.64. The normalized spacial score (nSPS) is 21.3. The maximum absolute atomic E-state index is 12.2. The standard InChI is InChI=1S/C17H21NO/c1-5-13-11-15(19)18(12-13)16(17(2,3)4)14-9-7-6-8-10-14/h1,6-10,13,16H,11-12H2,2-4H3. The molecule has 1 fully saturated rings. The van der Waals surface area contributed by atoms with Crippen molar-refractivity contribution in [1.82, 2.24) is 4.90 Å². The lowest BCUT2D eigenvalue weighted by molar-refractivity contribution is -0.132. The molecule has 0 spiro atoms. The van der Waals surface area contributed by atoms with Crippen molar-refractivity contribution in [2.45, 2.75) is 33.2 Å². The Balaban J connectivity index is 2.36. The van der Waals surface area contributed by atoms with Gasteiger partial charge in [-0.05, 0) is 11.0 Å². The molecule has 0 saturated carbocycles. The molecule has 1 heterocycles. The summed E-state index contributed by atoms with van der Waals surface area (Å²) < 4.78 is 0. The van der Waals surface area contributed by atoms with E-state index >= 15 is 0 Å². The fourth-order valence-electron chi connectivity index (χ4n) is 2.88. The number of carbonyl (C=O) groups excluding carboxylic acids is 1. The molecule has 2 atom stereocenters. The number of terminal acetylenes is 1. The van der Waals surface area contributed by atoms with E-state index in [2.05, 4.69) is 38.8 Å². The van der Waals surface area contributed by atoms with Gasteiger partial charge in [-0.25, -0.2) is 0 Å². The molecule has 2 rings (SSSR count). The lowest BCUT2D eigenvalue weighted by Gasteiger charge is -2.38. The third-order valence-corrected chi connectivity index (χ3v) is 3.64. The van der Waals surface area contributed by atoms with Crippen molar-refractivity contribution in [3.05, 3.63) is 35.9 Å². The number of amides is 1. The third kappa shape index (κ3) is 2.81. The molecule has 0 bridgehead atoms. The van der Waals surface area contributed by atoms with Gasteiger partial charge in [0.15, 0.2) is 0 Å². The molecule has 2 unspecified atom stereocenters. The first-order valence-electron chi connectivity index (χ1n) is 6.74. The minimum atomic E-state index is -0.0134. The van der Waals surface area contributed by atoms with E-state index in [1.54, 1.807) is 0 Å². The summed E-state index contributed by atoms with van der Waals surface area (Å²) in [7, 11) is 0. The van der Waals surface area contributed by atoms with Gasteiger partial charge in [0, 0.05) is 18.9 Å². The van der Waals surface area contributed by atoms with E-state index in [-0.39, 0.29) is 23.3 Å². The topological polar surface area (TPSA) is 20.3 Å². The van der Waals surface area contributed by atoms with E-state index in [4.69, 9.17) is 6.42 Å². The Morgan fingerprint density at radius 2 is 1.95 bits per heavy atom. The number of carbonyl (C=O) groups is 1. The second-order valence-corrected chi connectivity index (χ2v) is 6.29. The van der Waals surface area contributed by atoms with Crippen LogP contribution in [0.1, 0.15) is 38.8 Å². The summed E-state index contributed by atoms with van der Waals surface area (Å²) in [5, 5.41) is 0. The summed E-state index contributed by atoms with van der Waals surface area (Å²) >= 11 is 0. The van der Waals surface area contributed by atoms with Crippen LogP contribution in [0.3, 0.4) is 0 Å². The van der Waals surface area contributed by atoms with Crippen molar-refractivity contribution in [2.24, 2.45) is 11.3 Å². The van der Waals surface area contributed by atoms with Crippen molar-refractivity contribution in [3.63, 3.8) is 0 Å². The van der Waals surface area contributed by atoms with Gasteiger partial charge in [-0.15, -0.1) is 12.3 Å². The molecule has 1 amide bonds. The van der Waals surface area contributed by atoms with Gasteiger partial charge in [-0.3, -0.25) is 4.79 Å². The summed E-state index contributed by atoms with van der Waals surface area (Å²) in [5.74, 6) is 2.95. The van der Waals surface area contributed by atoms with E-state index in [9.17, 15) is 4.79 Å². The van der Waals surface area contributed by atoms with Gasteiger partial charge in [0.05, 0.1) is 6.04 Å². The maximum Gasteiger partial charge on any atom is 0.224 e. The molecule has 1 aromatic carbocycles. The van der Waals surface area contributed by atoms with Crippen LogP contribution in [0.5, 0.6) is 0 Å². The predicted molar refractivity (Wildman–Crippen MR) is 77.3 cm³/mol. The Morgan fingerprint density at radius 1 is 1.32 bits per heavy atom. The van der Waals surface area contributed by atoms with Gasteiger partial charge in [0.1, 0.15) is 0 Å². The highest BCUT2D eigenvalue weighted by Gasteiger charge is 2.39. The SMILES string of the molecule is C#CC1CC(=O)N(C(c2ccccc2)C(C)(C)C)C1. The average molecular weight is 255 g/mol. The molecule has 1 aliphatic heterocycles. The number of nitrogens with zero attached hydrogens (tertiary/aromatic N) is 1. The smallest absolute Gasteiger partial charge is 0.224 e. The molecule has 1 saturated heterocycles. The van der Waals surface area contributed by atoms with Crippen LogP contribution in [-0.4, -0.2) is 17.4 Å². The summed E-state index contributed by atoms with van der Waals surface area (Å²) in [6.45, 7) is 7.18. The van der Waals surface area contributed by atoms with Crippen LogP contribution in [0.15, 0.2) is 30.3 Å². The first-order chi connectivity index (χ1) is 8.93. The monoisotopic (exact) mass is 255 g/mol. The van der Waals surface area contributed by atoms with Crippen molar-refractivity contribution in [3.8, 4) is 12.3 Å². The van der Waals surface area contributed by atoms with Crippen LogP contribution in [-0.2, 0) is 4.79 Å². The van der Waals surface area contributed by atoms with Crippen molar-refractivity contribution >= 4 is 5.91 Å². The van der Waals surface area contributed by atoms with Gasteiger partial charge in [0.2, 0.25) is 5.91 Å². The molecule has 0 radical (unpaired) electrons. The highest BCUT2D eigenvalue weighted by atomic mass is 16.2. The molecule has 19 heavy (non-hydrogen) atoms. The number of hydrogen-bond acceptors (Lipinski definition) is 1. The maximum atomic E-state index is 12.2. The molecular formula is C17H21NO. The second-order valence-electron chi connectivity index (χ2n) is 6.29. The zero-order valence-electron chi connectivity index (χ0n) is 11.9. The lowest BCUT2D eigenvalue weighted by atomic mass is 9.81. The fraction of sp³-hybridized carbons (Fsp3) is 0.471. The molecular weight excluding hydrogens is 234 g/mol. The summed E-state index contributed by atoms with van der Waals surface area (Å²) in [6.07, 6.45) is 5.96. The van der Waals surface area contributed by atoms with Crippen molar-refractivity contribution < 1.29 is 4.79 Å². The summed E-state index contributed by atoms with van der Waals surface area (Å²) in [4.78, 5) is 14.2. The molecule has 0 N–H and O–H groups in total. The Hall–Kier alpha value is -1.75. The Kier molecular flexibility index (Phi) is 3.66. The molecule has 0 aromatic heterocycles. The quantitative estimate of drug-likeness (QED) is 0.743. The Labute approximate surface area is 115 Å². The Bertz CT molecular complexity index is 492. The first-order valence-corrected chi connectivity index (χ1v) is 6.74. The minimum Gasteiger partial charge on any atom is -0.334 e. The van der Waals surface area contributed by atoms with E-state index in [1.807, 2.05) is 23.1 Å².